The van der Waals surface area contributed by atoms with Crippen molar-refractivity contribution < 1.29 is 18.4 Å². The molecule has 35 heavy (non-hydrogen) atoms. The van der Waals surface area contributed by atoms with Gasteiger partial charge >= 0.3 is 5.97 Å². The molecule has 5 aromatic rings. The van der Waals surface area contributed by atoms with Gasteiger partial charge in [0.1, 0.15) is 5.82 Å². The minimum atomic E-state index is -0.743. The number of aryl methyl sites for hydroxylation is 1. The van der Waals surface area contributed by atoms with Gasteiger partial charge in [-0.1, -0.05) is 65.8 Å². The summed E-state index contributed by atoms with van der Waals surface area (Å²) in [6, 6.07) is 28.6. The van der Waals surface area contributed by atoms with E-state index in [1.165, 1.54) is 19.2 Å². The Balaban J connectivity index is 1.47. The van der Waals surface area contributed by atoms with Crippen LogP contribution in [0.4, 0.5) is 4.39 Å². The van der Waals surface area contributed by atoms with Gasteiger partial charge in [-0.2, -0.15) is 4.98 Å². The van der Waals surface area contributed by atoms with Crippen LogP contribution in [0.2, 0.25) is 0 Å². The van der Waals surface area contributed by atoms with Crippen molar-refractivity contribution >= 4 is 5.97 Å². The van der Waals surface area contributed by atoms with Crippen LogP contribution in [-0.4, -0.2) is 23.2 Å². The molecule has 0 spiro atoms. The molecule has 0 N–H and O–H groups in total. The molecule has 172 valence electrons. The zero-order valence-electron chi connectivity index (χ0n) is 19.2. The van der Waals surface area contributed by atoms with Crippen LogP contribution in [-0.2, 0) is 4.74 Å². The molecule has 0 fully saturated rings. The molecule has 0 bridgehead atoms. The molecule has 0 aliphatic heterocycles. The monoisotopic (exact) mass is 464 g/mol. The minimum absolute atomic E-state index is 0.151. The largest absolute Gasteiger partial charge is 0.465 e. The molecule has 0 radical (unpaired) electrons. The van der Waals surface area contributed by atoms with Crippen molar-refractivity contribution in [2.75, 3.05) is 7.11 Å². The summed E-state index contributed by atoms with van der Waals surface area (Å²) in [7, 11) is 1.20. The molecule has 0 aliphatic rings. The van der Waals surface area contributed by atoms with Crippen molar-refractivity contribution in [1.29, 1.82) is 0 Å². The van der Waals surface area contributed by atoms with E-state index in [4.69, 9.17) is 4.52 Å². The van der Waals surface area contributed by atoms with Crippen molar-refractivity contribution in [3.63, 3.8) is 0 Å². The summed E-state index contributed by atoms with van der Waals surface area (Å²) in [5.41, 5.74) is 6.61. The summed E-state index contributed by atoms with van der Waals surface area (Å²) in [4.78, 5) is 16.1. The van der Waals surface area contributed by atoms with E-state index in [-0.39, 0.29) is 11.4 Å². The van der Waals surface area contributed by atoms with Crippen molar-refractivity contribution in [1.82, 2.24) is 10.1 Å². The average molecular weight is 464 g/mol. The lowest BCUT2D eigenvalue weighted by molar-refractivity contribution is 0.0595. The molecule has 0 saturated carbocycles. The highest BCUT2D eigenvalue weighted by Crippen LogP contribution is 2.35. The number of carbonyl (C=O) groups excluding carboxylic acids is 1. The normalized spacial score (nSPS) is 10.8. The Hall–Kier alpha value is -4.58. The molecule has 4 aromatic carbocycles. The van der Waals surface area contributed by atoms with Crippen LogP contribution in [0.15, 0.2) is 95.5 Å². The molecular weight excluding hydrogens is 443 g/mol. The predicted molar refractivity (Wildman–Crippen MR) is 132 cm³/mol. The SMILES string of the molecule is COC(=O)c1ccc(-c2noc(-c3ccc(-c4ccccc4-c4ccccc4)c(C)c3)n2)cc1F. The first-order valence-corrected chi connectivity index (χ1v) is 11.0. The molecule has 5 nitrogen and oxygen atoms in total. The second-order valence-corrected chi connectivity index (χ2v) is 8.05. The lowest BCUT2D eigenvalue weighted by atomic mass is 9.91. The summed E-state index contributed by atoms with van der Waals surface area (Å²) >= 11 is 0. The van der Waals surface area contributed by atoms with Gasteiger partial charge < -0.3 is 9.26 Å². The van der Waals surface area contributed by atoms with Crippen molar-refractivity contribution in [3.8, 4) is 45.1 Å². The molecule has 0 saturated heterocycles. The lowest BCUT2D eigenvalue weighted by Gasteiger charge is -2.13. The van der Waals surface area contributed by atoms with Gasteiger partial charge in [0.15, 0.2) is 0 Å². The van der Waals surface area contributed by atoms with Crippen LogP contribution in [0.3, 0.4) is 0 Å². The number of hydrogen-bond acceptors (Lipinski definition) is 5. The summed E-state index contributed by atoms with van der Waals surface area (Å²) in [6.07, 6.45) is 0. The third-order valence-electron chi connectivity index (χ3n) is 5.83. The van der Waals surface area contributed by atoms with Crippen molar-refractivity contribution in [3.05, 3.63) is 108 Å². The molecule has 6 heteroatoms. The van der Waals surface area contributed by atoms with Gasteiger partial charge in [-0.3, -0.25) is 0 Å². The van der Waals surface area contributed by atoms with Crippen LogP contribution >= 0.6 is 0 Å². The molecule has 5 rings (SSSR count). The first-order chi connectivity index (χ1) is 17.0. The summed E-state index contributed by atoms with van der Waals surface area (Å²) in [5.74, 6) is -0.903. The fraction of sp³-hybridized carbons (Fsp3) is 0.0690. The standard InChI is InChI=1S/C29H21FN2O3/c1-18-16-21(13-14-22(18)24-11-7-6-10-23(24)19-8-4-3-5-9-19)28-31-27(32-35-28)20-12-15-25(26(30)17-20)29(33)34-2/h3-17H,1-2H3. The number of ether oxygens (including phenoxy) is 1. The minimum Gasteiger partial charge on any atom is -0.465 e. The quantitative estimate of drug-likeness (QED) is 0.263. The van der Waals surface area contributed by atoms with Crippen LogP contribution in [0.5, 0.6) is 0 Å². The smallest absolute Gasteiger partial charge is 0.340 e. The number of aromatic nitrogens is 2. The van der Waals surface area contributed by atoms with E-state index in [9.17, 15) is 9.18 Å². The van der Waals surface area contributed by atoms with Gasteiger partial charge in [0.25, 0.3) is 5.89 Å². The molecule has 0 amide bonds. The number of esters is 1. The Morgan fingerprint density at radius 3 is 2.23 bits per heavy atom. The maximum absolute atomic E-state index is 14.3. The van der Waals surface area contributed by atoms with Gasteiger partial charge in [0.2, 0.25) is 5.82 Å². The molecule has 0 atom stereocenters. The Kier molecular flexibility index (Phi) is 5.94. The Morgan fingerprint density at radius 2 is 1.51 bits per heavy atom. The fourth-order valence-electron chi connectivity index (χ4n) is 4.07. The third kappa shape index (κ3) is 4.34. The Labute approximate surface area is 201 Å². The molecular formula is C29H21FN2O3. The van der Waals surface area contributed by atoms with E-state index in [2.05, 4.69) is 39.1 Å². The Morgan fingerprint density at radius 1 is 0.800 bits per heavy atom. The molecule has 1 aromatic heterocycles. The second kappa shape index (κ2) is 9.35. The second-order valence-electron chi connectivity index (χ2n) is 8.05. The van der Waals surface area contributed by atoms with Crippen LogP contribution in [0.1, 0.15) is 15.9 Å². The highest BCUT2D eigenvalue weighted by atomic mass is 19.1. The van der Waals surface area contributed by atoms with Gasteiger partial charge in [0.05, 0.1) is 12.7 Å². The van der Waals surface area contributed by atoms with E-state index in [0.717, 1.165) is 33.4 Å². The van der Waals surface area contributed by atoms with Crippen LogP contribution < -0.4 is 0 Å². The van der Waals surface area contributed by atoms with Crippen molar-refractivity contribution in [2.45, 2.75) is 6.92 Å². The summed E-state index contributed by atoms with van der Waals surface area (Å²) in [6.45, 7) is 2.04. The van der Waals surface area contributed by atoms with Gasteiger partial charge in [-0.05, 0) is 65.1 Å². The number of halogens is 1. The van der Waals surface area contributed by atoms with E-state index in [1.807, 2.05) is 55.5 Å². The predicted octanol–water partition coefficient (Wildman–Crippen LogP) is 6.97. The zero-order valence-corrected chi connectivity index (χ0v) is 19.2. The highest BCUT2D eigenvalue weighted by molar-refractivity contribution is 5.90. The Bertz CT molecular complexity index is 1530. The first-order valence-electron chi connectivity index (χ1n) is 11.0. The fourth-order valence-corrected chi connectivity index (χ4v) is 4.07. The van der Waals surface area contributed by atoms with Crippen molar-refractivity contribution in [2.24, 2.45) is 0 Å². The maximum atomic E-state index is 14.3. The number of methoxy groups -OCH3 is 1. The number of benzene rings is 4. The first kappa shape index (κ1) is 22.2. The maximum Gasteiger partial charge on any atom is 0.340 e. The van der Waals surface area contributed by atoms with Gasteiger partial charge in [-0.15, -0.1) is 0 Å². The number of rotatable bonds is 5. The van der Waals surface area contributed by atoms with Crippen LogP contribution in [0.25, 0.3) is 45.1 Å². The summed E-state index contributed by atoms with van der Waals surface area (Å²) in [5, 5.41) is 3.99. The van der Waals surface area contributed by atoms with Gasteiger partial charge in [-0.25, -0.2) is 9.18 Å². The summed E-state index contributed by atoms with van der Waals surface area (Å²) < 4.78 is 24.4. The van der Waals surface area contributed by atoms with E-state index in [0.29, 0.717) is 11.5 Å². The van der Waals surface area contributed by atoms with E-state index >= 15 is 0 Å². The molecule has 0 aliphatic carbocycles. The van der Waals surface area contributed by atoms with E-state index in [1.54, 1.807) is 6.07 Å². The number of carbonyl (C=O) groups is 1. The molecule has 1 heterocycles. The third-order valence-corrected chi connectivity index (χ3v) is 5.83. The lowest BCUT2D eigenvalue weighted by Crippen LogP contribution is -2.04. The van der Waals surface area contributed by atoms with Crippen LogP contribution in [0, 0.1) is 12.7 Å². The highest BCUT2D eigenvalue weighted by Gasteiger charge is 2.17. The van der Waals surface area contributed by atoms with E-state index < -0.39 is 11.8 Å². The zero-order chi connectivity index (χ0) is 24.4. The number of hydrogen-bond donors (Lipinski definition) is 0. The number of nitrogens with zero attached hydrogens (tertiary/aromatic N) is 2. The average Bonchev–Trinajstić information content (AvgIpc) is 3.39. The molecule has 0 unspecified atom stereocenters. The topological polar surface area (TPSA) is 65.2 Å². The van der Waals surface area contributed by atoms with Gasteiger partial charge in [0, 0.05) is 11.1 Å².